The zero-order valence-corrected chi connectivity index (χ0v) is 21.7. The van der Waals surface area contributed by atoms with E-state index in [1.165, 1.54) is 24.3 Å². The first kappa shape index (κ1) is 26.4. The molecule has 40 heavy (non-hydrogen) atoms. The summed E-state index contributed by atoms with van der Waals surface area (Å²) in [4.78, 5) is 21.5. The average Bonchev–Trinajstić information content (AvgIpc) is 2.97. The van der Waals surface area contributed by atoms with E-state index < -0.39 is 6.04 Å². The Kier molecular flexibility index (Phi) is 7.43. The van der Waals surface area contributed by atoms with Gasteiger partial charge in [-0.1, -0.05) is 48.5 Å². The number of phenols is 1. The van der Waals surface area contributed by atoms with Crippen LogP contribution in [0.15, 0.2) is 78.0 Å². The van der Waals surface area contributed by atoms with Crippen molar-refractivity contribution in [3.05, 3.63) is 112 Å². The lowest BCUT2D eigenvalue weighted by molar-refractivity contribution is -0.127. The maximum absolute atomic E-state index is 13.5. The lowest BCUT2D eigenvalue weighted by Gasteiger charge is -2.31. The van der Waals surface area contributed by atoms with Crippen molar-refractivity contribution in [3.8, 4) is 11.5 Å². The second kappa shape index (κ2) is 11.3. The Labute approximate surface area is 230 Å². The van der Waals surface area contributed by atoms with Gasteiger partial charge in [0, 0.05) is 35.4 Å². The Morgan fingerprint density at radius 3 is 2.60 bits per heavy atom. The molecule has 0 spiro atoms. The number of rotatable bonds is 7. The number of carbonyl (C=O) groups excluding carboxylic acids is 1. The van der Waals surface area contributed by atoms with Gasteiger partial charge >= 0.3 is 0 Å². The molecule has 0 bridgehead atoms. The summed E-state index contributed by atoms with van der Waals surface area (Å²) in [6.45, 7) is -0.0744. The van der Waals surface area contributed by atoms with Crippen molar-refractivity contribution in [2.24, 2.45) is 5.10 Å². The van der Waals surface area contributed by atoms with Gasteiger partial charge in [0.2, 0.25) is 5.95 Å². The fraction of sp³-hybridized carbons (Fsp3) is 0.133. The number of nitrogens with two attached hydrogens (primary N) is 2. The summed E-state index contributed by atoms with van der Waals surface area (Å²) in [5.74, 6) is 0.0825. The van der Waals surface area contributed by atoms with E-state index in [2.05, 4.69) is 15.1 Å². The van der Waals surface area contributed by atoms with Crippen LogP contribution < -0.4 is 16.2 Å². The summed E-state index contributed by atoms with van der Waals surface area (Å²) in [7, 11) is 1.45. The van der Waals surface area contributed by atoms with Crippen LogP contribution in [0.2, 0.25) is 0 Å². The first-order valence-corrected chi connectivity index (χ1v) is 12.5. The number of nitrogens with zero attached hydrogens (tertiary/aromatic N) is 4. The molecule has 0 aliphatic carbocycles. The standard InChI is InChI=1S/C30H28N6O4/c1-40-25-14-19(13-23-15-33-30(32)35-29(23)31)12-21(28(25)39)10-11-26(38)36-27(20-8-6-18(17-37)7-9-20)24-5-3-2-4-22(24)16-34-36/h2-12,14-16,27,37,39H,13,17H2,1H3,(H4,31,32,33,35)/b11-10+. The van der Waals surface area contributed by atoms with Gasteiger partial charge in [0.15, 0.2) is 11.5 Å². The molecule has 0 fully saturated rings. The number of aromatic nitrogens is 2. The first-order valence-electron chi connectivity index (χ1n) is 12.5. The maximum Gasteiger partial charge on any atom is 0.267 e. The zero-order valence-electron chi connectivity index (χ0n) is 21.7. The van der Waals surface area contributed by atoms with Gasteiger partial charge in [0.25, 0.3) is 5.91 Å². The Hall–Kier alpha value is -5.22. The van der Waals surface area contributed by atoms with Gasteiger partial charge in [-0.05, 0) is 40.5 Å². The average molecular weight is 537 g/mol. The van der Waals surface area contributed by atoms with Crippen molar-refractivity contribution >= 4 is 30.0 Å². The smallest absolute Gasteiger partial charge is 0.267 e. The van der Waals surface area contributed by atoms with E-state index >= 15 is 0 Å². The lowest BCUT2D eigenvalue weighted by Crippen LogP contribution is -2.33. The van der Waals surface area contributed by atoms with Crippen molar-refractivity contribution in [2.45, 2.75) is 19.1 Å². The van der Waals surface area contributed by atoms with Crippen molar-refractivity contribution in [2.75, 3.05) is 18.6 Å². The van der Waals surface area contributed by atoms with Gasteiger partial charge in [-0.25, -0.2) is 9.99 Å². The number of anilines is 2. The minimum Gasteiger partial charge on any atom is -0.504 e. The van der Waals surface area contributed by atoms with Crippen LogP contribution in [0.5, 0.6) is 11.5 Å². The molecule has 1 aliphatic heterocycles. The number of methoxy groups -OCH3 is 1. The number of fused-ring (bicyclic) bond motifs is 1. The van der Waals surface area contributed by atoms with Crippen molar-refractivity contribution in [1.82, 2.24) is 15.0 Å². The monoisotopic (exact) mass is 536 g/mol. The molecule has 1 aliphatic rings. The van der Waals surface area contributed by atoms with Gasteiger partial charge in [0.1, 0.15) is 11.9 Å². The van der Waals surface area contributed by atoms with Crippen LogP contribution >= 0.6 is 0 Å². The minimum absolute atomic E-state index is 0.0744. The highest BCUT2D eigenvalue weighted by Gasteiger charge is 2.30. The molecule has 3 aromatic carbocycles. The molecule has 4 aromatic rings. The number of aromatic hydroxyl groups is 1. The number of hydrogen-bond acceptors (Lipinski definition) is 9. The normalized spacial score (nSPS) is 14.3. The Balaban J connectivity index is 1.47. The molecule has 1 unspecified atom stereocenters. The number of carbonyl (C=O) groups is 1. The topological polar surface area (TPSA) is 160 Å². The molecule has 0 saturated carbocycles. The van der Waals surface area contributed by atoms with E-state index in [0.29, 0.717) is 17.5 Å². The Morgan fingerprint density at radius 2 is 1.88 bits per heavy atom. The van der Waals surface area contributed by atoms with Gasteiger partial charge in [-0.3, -0.25) is 4.79 Å². The lowest BCUT2D eigenvalue weighted by atomic mass is 9.92. The predicted octanol–water partition coefficient (Wildman–Crippen LogP) is 3.42. The van der Waals surface area contributed by atoms with E-state index in [1.807, 2.05) is 48.5 Å². The van der Waals surface area contributed by atoms with Crippen LogP contribution in [-0.4, -0.2) is 44.4 Å². The number of ether oxygens (including phenoxy) is 1. The van der Waals surface area contributed by atoms with E-state index in [9.17, 15) is 15.0 Å². The molecular formula is C30H28N6O4. The van der Waals surface area contributed by atoms with E-state index in [-0.39, 0.29) is 35.8 Å². The summed E-state index contributed by atoms with van der Waals surface area (Å²) < 4.78 is 5.37. The Bertz CT molecular complexity index is 1620. The molecule has 10 heteroatoms. The quantitative estimate of drug-likeness (QED) is 0.261. The zero-order chi connectivity index (χ0) is 28.2. The van der Waals surface area contributed by atoms with Gasteiger partial charge in [-0.2, -0.15) is 10.1 Å². The van der Waals surface area contributed by atoms with Gasteiger partial charge in [-0.15, -0.1) is 0 Å². The van der Waals surface area contributed by atoms with Crippen LogP contribution in [0.3, 0.4) is 0 Å². The van der Waals surface area contributed by atoms with Crippen LogP contribution in [0, 0.1) is 0 Å². The van der Waals surface area contributed by atoms with Gasteiger partial charge < -0.3 is 26.4 Å². The van der Waals surface area contributed by atoms with Crippen LogP contribution in [-0.2, 0) is 17.8 Å². The summed E-state index contributed by atoms with van der Waals surface area (Å²) in [5.41, 5.74) is 16.8. The van der Waals surface area contributed by atoms with Gasteiger partial charge in [0.05, 0.1) is 19.9 Å². The number of aliphatic hydroxyl groups excluding tert-OH is 1. The fourth-order valence-electron chi connectivity index (χ4n) is 4.61. The van der Waals surface area contributed by atoms with Crippen molar-refractivity contribution in [3.63, 3.8) is 0 Å². The predicted molar refractivity (Wildman–Crippen MR) is 152 cm³/mol. The van der Waals surface area contributed by atoms with Crippen molar-refractivity contribution in [1.29, 1.82) is 0 Å². The minimum atomic E-state index is -0.478. The third-order valence-corrected chi connectivity index (χ3v) is 6.66. The number of hydrogen-bond donors (Lipinski definition) is 4. The fourth-order valence-corrected chi connectivity index (χ4v) is 4.61. The first-order chi connectivity index (χ1) is 19.4. The third-order valence-electron chi connectivity index (χ3n) is 6.66. The summed E-state index contributed by atoms with van der Waals surface area (Å²) in [6.07, 6.45) is 6.44. The highest BCUT2D eigenvalue weighted by atomic mass is 16.5. The third kappa shape index (κ3) is 5.33. The molecular weight excluding hydrogens is 508 g/mol. The number of nitrogen functional groups attached to an aromatic ring is 2. The SMILES string of the molecule is COc1cc(Cc2cnc(N)nc2N)cc(/C=C/C(=O)N2N=Cc3ccccc3C2c2ccc(CO)cc2)c1O. The molecule has 6 N–H and O–H groups in total. The Morgan fingerprint density at radius 1 is 1.10 bits per heavy atom. The largest absolute Gasteiger partial charge is 0.504 e. The highest BCUT2D eigenvalue weighted by molar-refractivity contribution is 5.95. The van der Waals surface area contributed by atoms with Crippen LogP contribution in [0.1, 0.15) is 45.0 Å². The summed E-state index contributed by atoms with van der Waals surface area (Å²) in [5, 5.41) is 26.1. The summed E-state index contributed by atoms with van der Waals surface area (Å²) in [6, 6.07) is 18.1. The highest BCUT2D eigenvalue weighted by Crippen LogP contribution is 2.36. The van der Waals surface area contributed by atoms with E-state index in [4.69, 9.17) is 16.2 Å². The molecule has 10 nitrogen and oxygen atoms in total. The number of hydrazone groups is 1. The van der Waals surface area contributed by atoms with E-state index in [1.54, 1.807) is 24.5 Å². The molecule has 0 radical (unpaired) electrons. The summed E-state index contributed by atoms with van der Waals surface area (Å²) >= 11 is 0. The van der Waals surface area contributed by atoms with Crippen LogP contribution in [0.4, 0.5) is 11.8 Å². The second-order valence-corrected chi connectivity index (χ2v) is 9.24. The number of phenolic OH excluding ortho intramolecular Hbond substituents is 1. The molecule has 202 valence electrons. The molecule has 5 rings (SSSR count). The molecule has 2 heterocycles. The van der Waals surface area contributed by atoms with Crippen LogP contribution in [0.25, 0.3) is 6.08 Å². The molecule has 1 amide bonds. The van der Waals surface area contributed by atoms with Crippen molar-refractivity contribution < 1.29 is 19.7 Å². The maximum atomic E-state index is 13.5. The van der Waals surface area contributed by atoms with E-state index in [0.717, 1.165) is 27.8 Å². The molecule has 1 atom stereocenters. The molecule has 1 aromatic heterocycles. The number of benzene rings is 3. The second-order valence-electron chi connectivity index (χ2n) is 9.24. The molecule has 0 saturated heterocycles. The number of amides is 1. The number of aliphatic hydroxyl groups is 1.